The molecule has 0 saturated heterocycles. The third-order valence-electron chi connectivity index (χ3n) is 6.77. The second-order valence-electron chi connectivity index (χ2n) is 8.23. The zero-order valence-corrected chi connectivity index (χ0v) is 18.2. The van der Waals surface area contributed by atoms with Gasteiger partial charge in [0.05, 0.1) is 11.1 Å². The minimum absolute atomic E-state index is 0.159. The number of fused-ring (bicyclic) bond motifs is 3. The number of nitrogens with two attached hydrogens (primary N) is 2. The molecule has 5 heteroatoms. The smallest absolute Gasteiger partial charge is 0.194 e. The summed E-state index contributed by atoms with van der Waals surface area (Å²) >= 11 is 0. The summed E-state index contributed by atoms with van der Waals surface area (Å²) in [5, 5.41) is 0. The maximum atomic E-state index is 13.1. The van der Waals surface area contributed by atoms with Crippen LogP contribution in [0.3, 0.4) is 0 Å². The van der Waals surface area contributed by atoms with Gasteiger partial charge in [-0.3, -0.25) is 14.4 Å². The van der Waals surface area contributed by atoms with Gasteiger partial charge in [0.15, 0.2) is 17.3 Å². The van der Waals surface area contributed by atoms with E-state index in [0.717, 1.165) is 11.1 Å². The lowest BCUT2D eigenvalue weighted by molar-refractivity contribution is 0.0873. The van der Waals surface area contributed by atoms with Gasteiger partial charge in [-0.1, -0.05) is 52.0 Å². The van der Waals surface area contributed by atoms with Gasteiger partial charge in [-0.05, 0) is 48.9 Å². The van der Waals surface area contributed by atoms with Crippen LogP contribution in [0.25, 0.3) is 11.1 Å². The van der Waals surface area contributed by atoms with Crippen LogP contribution in [0.5, 0.6) is 0 Å². The normalized spacial score (nSPS) is 13.2. The largest absolute Gasteiger partial charge is 0.319 e. The van der Waals surface area contributed by atoms with Crippen LogP contribution in [0.2, 0.25) is 0 Å². The van der Waals surface area contributed by atoms with Crippen molar-refractivity contribution in [2.75, 3.05) is 0 Å². The SMILES string of the molecule is CCC(N)(CC)C(=O)c1ccc2c(c1)C(=O)c1cc(C(=O)C(N)(CC)CC)ccc1-2. The fraction of sp³-hybridized carbons (Fsp3) is 0.400. The van der Waals surface area contributed by atoms with Gasteiger partial charge in [-0.15, -0.1) is 0 Å². The zero-order chi connectivity index (χ0) is 22.3. The summed E-state index contributed by atoms with van der Waals surface area (Å²) in [6.07, 6.45) is 2.09. The van der Waals surface area contributed by atoms with Crippen molar-refractivity contribution < 1.29 is 14.4 Å². The number of hydrogen-bond donors (Lipinski definition) is 2. The van der Waals surface area contributed by atoms with Crippen molar-refractivity contribution in [2.45, 2.75) is 64.5 Å². The molecule has 2 aromatic rings. The third-order valence-corrected chi connectivity index (χ3v) is 6.77. The Morgan fingerprint density at radius 3 is 1.30 bits per heavy atom. The Balaban J connectivity index is 2.02. The quantitative estimate of drug-likeness (QED) is 0.543. The predicted octanol–water partition coefficient (Wildman–Crippen LogP) is 4.30. The van der Waals surface area contributed by atoms with Gasteiger partial charge < -0.3 is 11.5 Å². The van der Waals surface area contributed by atoms with Gasteiger partial charge in [0.2, 0.25) is 0 Å². The Bertz CT molecular complexity index is 949. The maximum Gasteiger partial charge on any atom is 0.194 e. The summed E-state index contributed by atoms with van der Waals surface area (Å²) in [4.78, 5) is 39.0. The summed E-state index contributed by atoms with van der Waals surface area (Å²) in [6.45, 7) is 7.55. The van der Waals surface area contributed by atoms with E-state index in [0.29, 0.717) is 47.9 Å². The van der Waals surface area contributed by atoms with E-state index in [-0.39, 0.29) is 17.3 Å². The van der Waals surface area contributed by atoms with Gasteiger partial charge in [0.25, 0.3) is 0 Å². The molecule has 5 nitrogen and oxygen atoms in total. The molecule has 0 fully saturated rings. The maximum absolute atomic E-state index is 13.1. The highest BCUT2D eigenvalue weighted by Gasteiger charge is 2.35. The lowest BCUT2D eigenvalue weighted by Gasteiger charge is -2.25. The van der Waals surface area contributed by atoms with Gasteiger partial charge in [0.1, 0.15) is 0 Å². The molecule has 0 bridgehead atoms. The highest BCUT2D eigenvalue weighted by atomic mass is 16.1. The molecule has 1 aliphatic carbocycles. The molecule has 4 N–H and O–H groups in total. The van der Waals surface area contributed by atoms with E-state index in [1.54, 1.807) is 36.4 Å². The first-order chi connectivity index (χ1) is 14.2. The molecule has 0 aliphatic heterocycles. The molecular formula is C25H30N2O3. The van der Waals surface area contributed by atoms with E-state index in [2.05, 4.69) is 0 Å². The second kappa shape index (κ2) is 7.89. The first-order valence-corrected chi connectivity index (χ1v) is 10.7. The minimum Gasteiger partial charge on any atom is -0.319 e. The fourth-order valence-corrected chi connectivity index (χ4v) is 4.08. The predicted molar refractivity (Wildman–Crippen MR) is 119 cm³/mol. The first kappa shape index (κ1) is 22.1. The Labute approximate surface area is 177 Å². The average molecular weight is 407 g/mol. The van der Waals surface area contributed by atoms with E-state index < -0.39 is 11.1 Å². The Morgan fingerprint density at radius 2 is 1.00 bits per heavy atom. The van der Waals surface area contributed by atoms with Crippen LogP contribution in [-0.4, -0.2) is 28.4 Å². The van der Waals surface area contributed by atoms with Crippen LogP contribution in [0.4, 0.5) is 0 Å². The standard InChI is InChI=1S/C25H30N2O3/c1-5-24(26,6-2)22(29)15-9-11-17-18-12-10-16(23(30)25(27,7-3)8-4)14-20(18)21(28)19(17)13-15/h9-14H,5-8,26-27H2,1-4H3. The van der Waals surface area contributed by atoms with E-state index in [1.165, 1.54) is 0 Å². The van der Waals surface area contributed by atoms with E-state index >= 15 is 0 Å². The molecule has 3 rings (SSSR count). The molecule has 0 aromatic heterocycles. The van der Waals surface area contributed by atoms with Gasteiger partial charge in [-0.25, -0.2) is 0 Å². The molecule has 30 heavy (non-hydrogen) atoms. The molecule has 0 radical (unpaired) electrons. The number of carbonyl (C=O) groups is 3. The molecule has 158 valence electrons. The summed E-state index contributed by atoms with van der Waals surface area (Å²) in [7, 11) is 0. The molecule has 0 atom stereocenters. The van der Waals surface area contributed by atoms with Crippen molar-refractivity contribution in [3.63, 3.8) is 0 Å². The number of carbonyl (C=O) groups excluding carboxylic acids is 3. The van der Waals surface area contributed by atoms with Crippen LogP contribution >= 0.6 is 0 Å². The molecule has 2 aromatic carbocycles. The number of rotatable bonds is 8. The number of Topliss-reactive ketones (excluding diaryl/α,β-unsaturated/α-hetero) is 2. The number of benzene rings is 2. The lowest BCUT2D eigenvalue weighted by Crippen LogP contribution is -2.46. The van der Waals surface area contributed by atoms with Crippen LogP contribution in [0.1, 0.15) is 90.0 Å². The summed E-state index contributed by atoms with van der Waals surface area (Å²) in [5.74, 6) is -0.502. The zero-order valence-electron chi connectivity index (χ0n) is 18.2. The first-order valence-electron chi connectivity index (χ1n) is 10.7. The van der Waals surface area contributed by atoms with Crippen molar-refractivity contribution in [2.24, 2.45) is 11.5 Å². The molecular weight excluding hydrogens is 376 g/mol. The molecule has 0 amide bonds. The summed E-state index contributed by atoms with van der Waals surface area (Å²) in [5.41, 5.74) is 14.0. The van der Waals surface area contributed by atoms with Crippen LogP contribution < -0.4 is 11.5 Å². The van der Waals surface area contributed by atoms with Crippen molar-refractivity contribution in [1.29, 1.82) is 0 Å². The topological polar surface area (TPSA) is 103 Å². The second-order valence-corrected chi connectivity index (χ2v) is 8.23. The van der Waals surface area contributed by atoms with Crippen LogP contribution in [0, 0.1) is 0 Å². The van der Waals surface area contributed by atoms with E-state index in [1.807, 2.05) is 27.7 Å². The molecule has 0 spiro atoms. The van der Waals surface area contributed by atoms with Crippen LogP contribution in [0.15, 0.2) is 36.4 Å². The molecule has 0 heterocycles. The summed E-state index contributed by atoms with van der Waals surface area (Å²) < 4.78 is 0. The highest BCUT2D eigenvalue weighted by Crippen LogP contribution is 2.38. The molecule has 1 aliphatic rings. The number of ketones is 3. The van der Waals surface area contributed by atoms with Crippen molar-refractivity contribution in [1.82, 2.24) is 0 Å². The minimum atomic E-state index is -0.937. The van der Waals surface area contributed by atoms with E-state index in [9.17, 15) is 14.4 Å². The fourth-order valence-electron chi connectivity index (χ4n) is 4.08. The van der Waals surface area contributed by atoms with Crippen molar-refractivity contribution >= 4 is 17.3 Å². The lowest BCUT2D eigenvalue weighted by atomic mass is 9.84. The van der Waals surface area contributed by atoms with Gasteiger partial charge in [-0.2, -0.15) is 0 Å². The third kappa shape index (κ3) is 3.32. The van der Waals surface area contributed by atoms with Gasteiger partial charge in [0, 0.05) is 22.3 Å². The van der Waals surface area contributed by atoms with Crippen molar-refractivity contribution in [3.8, 4) is 11.1 Å². The van der Waals surface area contributed by atoms with Crippen molar-refractivity contribution in [3.05, 3.63) is 58.7 Å². The molecule has 0 saturated carbocycles. The Kier molecular flexibility index (Phi) is 5.81. The van der Waals surface area contributed by atoms with Gasteiger partial charge >= 0.3 is 0 Å². The monoisotopic (exact) mass is 406 g/mol. The number of hydrogen-bond acceptors (Lipinski definition) is 5. The molecule has 0 unspecified atom stereocenters. The van der Waals surface area contributed by atoms with E-state index in [4.69, 9.17) is 11.5 Å². The highest BCUT2D eigenvalue weighted by molar-refractivity contribution is 6.23. The summed E-state index contributed by atoms with van der Waals surface area (Å²) in [6, 6.07) is 10.3. The Hall–Kier alpha value is -2.63. The van der Waals surface area contributed by atoms with Crippen LogP contribution in [-0.2, 0) is 0 Å². The average Bonchev–Trinajstić information content (AvgIpc) is 3.07. The Morgan fingerprint density at radius 1 is 0.667 bits per heavy atom.